The molecule has 20 heavy (non-hydrogen) atoms. The van der Waals surface area contributed by atoms with Crippen molar-refractivity contribution in [2.24, 2.45) is 5.92 Å². The quantitative estimate of drug-likeness (QED) is 0.854. The molecule has 110 valence electrons. The van der Waals surface area contributed by atoms with E-state index in [1.165, 1.54) is 0 Å². The van der Waals surface area contributed by atoms with Crippen LogP contribution in [0.15, 0.2) is 18.2 Å². The molecule has 2 rings (SSSR count). The number of nitrogens with zero attached hydrogens (tertiary/aromatic N) is 1. The molecule has 0 saturated carbocycles. The van der Waals surface area contributed by atoms with Crippen molar-refractivity contribution in [2.75, 3.05) is 27.7 Å². The summed E-state index contributed by atoms with van der Waals surface area (Å²) in [5.41, 5.74) is 2.25. The fourth-order valence-electron chi connectivity index (χ4n) is 2.66. The molecule has 1 fully saturated rings. The predicted octanol–water partition coefficient (Wildman–Crippen LogP) is 1.49. The van der Waals surface area contributed by atoms with Crippen LogP contribution in [0.4, 0.5) is 0 Å². The lowest BCUT2D eigenvalue weighted by molar-refractivity contribution is -0.141. The zero-order valence-electron chi connectivity index (χ0n) is 12.2. The van der Waals surface area contributed by atoms with E-state index < -0.39 is 5.97 Å². The molecule has 0 spiro atoms. The number of ether oxygens (including phenoxy) is 1. The number of methoxy groups -OCH3 is 1. The second-order valence-corrected chi connectivity index (χ2v) is 5.54. The van der Waals surface area contributed by atoms with Crippen LogP contribution < -0.4 is 10.1 Å². The zero-order valence-corrected chi connectivity index (χ0v) is 12.2. The van der Waals surface area contributed by atoms with E-state index in [2.05, 4.69) is 16.3 Å². The molecule has 5 heteroatoms. The summed E-state index contributed by atoms with van der Waals surface area (Å²) in [6.45, 7) is 1.33. The van der Waals surface area contributed by atoms with Crippen LogP contribution in [-0.4, -0.2) is 43.7 Å². The molecule has 1 saturated heterocycles. The van der Waals surface area contributed by atoms with Crippen LogP contribution in [0.2, 0.25) is 0 Å². The second-order valence-electron chi connectivity index (χ2n) is 5.54. The third-order valence-corrected chi connectivity index (χ3v) is 3.67. The predicted molar refractivity (Wildman–Crippen MR) is 76.9 cm³/mol. The van der Waals surface area contributed by atoms with E-state index in [9.17, 15) is 4.79 Å². The van der Waals surface area contributed by atoms with Gasteiger partial charge in [0.15, 0.2) is 0 Å². The Hall–Kier alpha value is -1.59. The summed E-state index contributed by atoms with van der Waals surface area (Å²) in [6, 6.07) is 6.20. The first-order chi connectivity index (χ1) is 9.51. The highest BCUT2D eigenvalue weighted by molar-refractivity contribution is 5.70. The van der Waals surface area contributed by atoms with Gasteiger partial charge in [0, 0.05) is 24.7 Å². The van der Waals surface area contributed by atoms with E-state index in [0.717, 1.165) is 23.4 Å². The van der Waals surface area contributed by atoms with Crippen LogP contribution in [0.5, 0.6) is 5.75 Å². The first-order valence-corrected chi connectivity index (χ1v) is 6.79. The van der Waals surface area contributed by atoms with Gasteiger partial charge in [-0.15, -0.1) is 0 Å². The van der Waals surface area contributed by atoms with E-state index in [1.807, 2.05) is 26.2 Å². The van der Waals surface area contributed by atoms with Crippen LogP contribution in [0.3, 0.4) is 0 Å². The van der Waals surface area contributed by atoms with Crippen LogP contribution in [-0.2, 0) is 11.3 Å². The van der Waals surface area contributed by atoms with E-state index in [0.29, 0.717) is 13.0 Å². The zero-order chi connectivity index (χ0) is 14.7. The number of hydrogen-bond donors (Lipinski definition) is 2. The van der Waals surface area contributed by atoms with Gasteiger partial charge in [-0.3, -0.25) is 4.79 Å². The number of carbonyl (C=O) groups is 1. The first-order valence-electron chi connectivity index (χ1n) is 6.79. The summed E-state index contributed by atoms with van der Waals surface area (Å²) in [6.07, 6.45) is 0.642. The van der Waals surface area contributed by atoms with Gasteiger partial charge in [0.2, 0.25) is 0 Å². The average molecular weight is 278 g/mol. The Morgan fingerprint density at radius 1 is 1.50 bits per heavy atom. The van der Waals surface area contributed by atoms with E-state index in [-0.39, 0.29) is 12.0 Å². The van der Waals surface area contributed by atoms with Gasteiger partial charge in [-0.05, 0) is 38.2 Å². The molecular formula is C15H22N2O3. The molecule has 2 atom stereocenters. The highest BCUT2D eigenvalue weighted by atomic mass is 16.5. The first kappa shape index (κ1) is 14.8. The van der Waals surface area contributed by atoms with Crippen molar-refractivity contribution in [1.82, 2.24) is 10.2 Å². The molecular weight excluding hydrogens is 256 g/mol. The fraction of sp³-hybridized carbons (Fsp3) is 0.533. The maximum Gasteiger partial charge on any atom is 0.307 e. The molecule has 5 nitrogen and oxygen atoms in total. The van der Waals surface area contributed by atoms with E-state index >= 15 is 0 Å². The summed E-state index contributed by atoms with van der Waals surface area (Å²) in [4.78, 5) is 13.1. The van der Waals surface area contributed by atoms with Gasteiger partial charge in [0.25, 0.3) is 0 Å². The van der Waals surface area contributed by atoms with Gasteiger partial charge >= 0.3 is 5.97 Å². The average Bonchev–Trinajstić information content (AvgIpc) is 2.87. The molecule has 1 aliphatic rings. The highest BCUT2D eigenvalue weighted by Gasteiger charge is 2.30. The third-order valence-electron chi connectivity index (χ3n) is 3.67. The minimum Gasteiger partial charge on any atom is -0.496 e. The van der Waals surface area contributed by atoms with E-state index in [1.54, 1.807) is 7.11 Å². The van der Waals surface area contributed by atoms with Crippen LogP contribution >= 0.6 is 0 Å². The fourth-order valence-corrected chi connectivity index (χ4v) is 2.66. The molecule has 0 aromatic heterocycles. The number of aliphatic carboxylic acids is 1. The number of carboxylic acids is 1. The van der Waals surface area contributed by atoms with Crippen molar-refractivity contribution in [1.29, 1.82) is 0 Å². The number of benzene rings is 1. The molecule has 1 aliphatic heterocycles. The summed E-state index contributed by atoms with van der Waals surface area (Å²) in [5.74, 6) is -0.142. The molecule has 0 amide bonds. The normalized spacial score (nSPS) is 22.2. The lowest BCUT2D eigenvalue weighted by Crippen LogP contribution is -2.17. The Labute approximate surface area is 119 Å². The summed E-state index contributed by atoms with van der Waals surface area (Å²) >= 11 is 0. The number of rotatable bonds is 5. The summed E-state index contributed by atoms with van der Waals surface area (Å²) in [7, 11) is 5.70. The van der Waals surface area contributed by atoms with Gasteiger partial charge in [0.1, 0.15) is 5.75 Å². The van der Waals surface area contributed by atoms with Crippen molar-refractivity contribution in [3.8, 4) is 5.75 Å². The van der Waals surface area contributed by atoms with Crippen molar-refractivity contribution >= 4 is 5.97 Å². The highest BCUT2D eigenvalue weighted by Crippen LogP contribution is 2.30. The minimum absolute atomic E-state index is 0.114. The largest absolute Gasteiger partial charge is 0.496 e. The molecule has 0 aliphatic carbocycles. The van der Waals surface area contributed by atoms with Crippen molar-refractivity contribution in [3.63, 3.8) is 0 Å². The summed E-state index contributed by atoms with van der Waals surface area (Å²) < 4.78 is 5.38. The van der Waals surface area contributed by atoms with Crippen molar-refractivity contribution in [3.05, 3.63) is 29.3 Å². The molecule has 0 bridgehead atoms. The van der Waals surface area contributed by atoms with Gasteiger partial charge in [-0.1, -0.05) is 6.07 Å². The molecule has 1 aromatic carbocycles. The Morgan fingerprint density at radius 2 is 2.25 bits per heavy atom. The van der Waals surface area contributed by atoms with Gasteiger partial charge in [-0.25, -0.2) is 0 Å². The van der Waals surface area contributed by atoms with Crippen molar-refractivity contribution in [2.45, 2.75) is 19.0 Å². The third kappa shape index (κ3) is 3.29. The molecule has 2 unspecified atom stereocenters. The van der Waals surface area contributed by atoms with Gasteiger partial charge in [0.05, 0.1) is 13.0 Å². The van der Waals surface area contributed by atoms with Crippen molar-refractivity contribution < 1.29 is 14.6 Å². The lowest BCUT2D eigenvalue weighted by atomic mass is 9.98. The number of nitrogens with one attached hydrogen (secondary N) is 1. The lowest BCUT2D eigenvalue weighted by Gasteiger charge is -2.17. The smallest absolute Gasteiger partial charge is 0.307 e. The topological polar surface area (TPSA) is 61.8 Å². The van der Waals surface area contributed by atoms with Gasteiger partial charge < -0.3 is 20.1 Å². The number of carboxylic acid groups (broad SMARTS) is 1. The monoisotopic (exact) mass is 278 g/mol. The maximum absolute atomic E-state index is 11.0. The maximum atomic E-state index is 11.0. The molecule has 0 radical (unpaired) electrons. The standard InChI is InChI=1S/C15H22N2O3/c1-17(2)9-12-6-10(4-5-14(12)20-3)13-7-11(8-16-13)15(18)19/h4-6,11,13,16H,7-9H2,1-3H3,(H,18,19). The van der Waals surface area contributed by atoms with Crippen LogP contribution in [0, 0.1) is 5.92 Å². The SMILES string of the molecule is COc1ccc(C2CC(C(=O)O)CN2)cc1CN(C)C. The minimum atomic E-state index is -0.720. The number of hydrogen-bond acceptors (Lipinski definition) is 4. The van der Waals surface area contributed by atoms with Crippen LogP contribution in [0.25, 0.3) is 0 Å². The van der Waals surface area contributed by atoms with Crippen LogP contribution in [0.1, 0.15) is 23.6 Å². The Bertz CT molecular complexity index is 488. The summed E-state index contributed by atoms with van der Waals surface area (Å²) in [5, 5.41) is 12.4. The van der Waals surface area contributed by atoms with E-state index in [4.69, 9.17) is 9.84 Å². The molecule has 2 N–H and O–H groups in total. The molecule has 1 heterocycles. The Balaban J connectivity index is 2.19. The van der Waals surface area contributed by atoms with Gasteiger partial charge in [-0.2, -0.15) is 0 Å². The molecule has 1 aromatic rings. The Kier molecular flexibility index (Phi) is 4.62. The second kappa shape index (κ2) is 6.24. The Morgan fingerprint density at radius 3 is 2.80 bits per heavy atom.